The van der Waals surface area contributed by atoms with Gasteiger partial charge in [0.1, 0.15) is 5.82 Å². The van der Waals surface area contributed by atoms with Gasteiger partial charge < -0.3 is 5.32 Å². The molecule has 0 fully saturated rings. The molecule has 1 aromatic carbocycles. The van der Waals surface area contributed by atoms with Gasteiger partial charge in [0.2, 0.25) is 5.95 Å². The number of nitrogens with one attached hydrogen (secondary N) is 1. The smallest absolute Gasteiger partial charge is 0.207 e. The van der Waals surface area contributed by atoms with E-state index in [9.17, 15) is 13.2 Å². The van der Waals surface area contributed by atoms with Gasteiger partial charge in [0.05, 0.1) is 5.69 Å². The highest BCUT2D eigenvalue weighted by Gasteiger charge is 2.13. The first kappa shape index (κ1) is 12.2. The Morgan fingerprint density at radius 1 is 1.22 bits per heavy atom. The van der Waals surface area contributed by atoms with Crippen LogP contribution in [0, 0.1) is 17.5 Å². The summed E-state index contributed by atoms with van der Waals surface area (Å²) in [6.45, 7) is 3.94. The summed E-state index contributed by atoms with van der Waals surface area (Å²) in [5, 5.41) is 2.85. The maximum atomic E-state index is 13.6. The monoisotopic (exact) mass is 253 g/mol. The lowest BCUT2D eigenvalue weighted by atomic mass is 10.3. The Hall–Kier alpha value is -2.24. The van der Waals surface area contributed by atoms with E-state index in [-0.39, 0.29) is 5.69 Å². The molecule has 1 heterocycles. The first-order chi connectivity index (χ1) is 8.63. The van der Waals surface area contributed by atoms with Crippen molar-refractivity contribution in [1.82, 2.24) is 9.55 Å². The van der Waals surface area contributed by atoms with Crippen LogP contribution in [-0.4, -0.2) is 16.1 Å². The summed E-state index contributed by atoms with van der Waals surface area (Å²) < 4.78 is 40.8. The van der Waals surface area contributed by atoms with Crippen molar-refractivity contribution < 1.29 is 13.2 Å². The second-order valence-corrected chi connectivity index (χ2v) is 3.51. The third-order valence-corrected chi connectivity index (χ3v) is 2.29. The molecule has 0 bridgehead atoms. The van der Waals surface area contributed by atoms with Crippen LogP contribution < -0.4 is 5.32 Å². The van der Waals surface area contributed by atoms with Crippen LogP contribution in [0.5, 0.6) is 0 Å². The van der Waals surface area contributed by atoms with E-state index in [2.05, 4.69) is 16.9 Å². The van der Waals surface area contributed by atoms with Gasteiger partial charge in [-0.15, -0.1) is 6.58 Å². The van der Waals surface area contributed by atoms with Crippen LogP contribution in [-0.2, 0) is 0 Å². The fourth-order valence-corrected chi connectivity index (χ4v) is 1.49. The van der Waals surface area contributed by atoms with Crippen LogP contribution in [0.25, 0.3) is 5.69 Å². The van der Waals surface area contributed by atoms with Crippen molar-refractivity contribution >= 4 is 5.95 Å². The summed E-state index contributed by atoms with van der Waals surface area (Å²) >= 11 is 0. The van der Waals surface area contributed by atoms with E-state index in [0.717, 1.165) is 6.07 Å². The van der Waals surface area contributed by atoms with Crippen molar-refractivity contribution in [2.75, 3.05) is 11.9 Å². The van der Waals surface area contributed by atoms with Crippen LogP contribution in [0.2, 0.25) is 0 Å². The number of hydrogen-bond acceptors (Lipinski definition) is 2. The average molecular weight is 253 g/mol. The molecule has 0 aliphatic rings. The Morgan fingerprint density at radius 2 is 1.94 bits per heavy atom. The molecule has 18 heavy (non-hydrogen) atoms. The zero-order valence-electron chi connectivity index (χ0n) is 9.33. The minimum absolute atomic E-state index is 0.113. The number of hydrogen-bond donors (Lipinski definition) is 1. The summed E-state index contributed by atoms with van der Waals surface area (Å²) in [6, 6.07) is 1.29. The third-order valence-electron chi connectivity index (χ3n) is 2.29. The van der Waals surface area contributed by atoms with Gasteiger partial charge >= 0.3 is 0 Å². The van der Waals surface area contributed by atoms with Crippen molar-refractivity contribution in [1.29, 1.82) is 0 Å². The fourth-order valence-electron chi connectivity index (χ4n) is 1.49. The molecule has 6 heteroatoms. The fraction of sp³-hybridized carbons (Fsp3) is 0.0833. The molecule has 3 nitrogen and oxygen atoms in total. The molecule has 0 saturated carbocycles. The Balaban J connectivity index is 2.45. The van der Waals surface area contributed by atoms with Crippen LogP contribution >= 0.6 is 0 Å². The number of nitrogens with zero attached hydrogens (tertiary/aromatic N) is 2. The molecule has 0 aliphatic heterocycles. The molecule has 0 atom stereocenters. The number of anilines is 1. The lowest BCUT2D eigenvalue weighted by Crippen LogP contribution is -2.07. The zero-order chi connectivity index (χ0) is 13.1. The molecule has 0 aliphatic carbocycles. The molecular weight excluding hydrogens is 243 g/mol. The standard InChI is InChI=1S/C12H10F3N3/c1-2-3-16-12-17-4-5-18(12)11-7-9(14)8(13)6-10(11)15/h2,4-7H,1,3H2,(H,16,17). The lowest BCUT2D eigenvalue weighted by Gasteiger charge is -2.09. The first-order valence-electron chi connectivity index (χ1n) is 5.16. The number of imidazole rings is 1. The molecule has 0 saturated heterocycles. The maximum Gasteiger partial charge on any atom is 0.207 e. The molecule has 94 valence electrons. The average Bonchev–Trinajstić information content (AvgIpc) is 2.79. The van der Waals surface area contributed by atoms with Gasteiger partial charge in [0.15, 0.2) is 11.6 Å². The molecule has 0 spiro atoms. The minimum atomic E-state index is -1.23. The van der Waals surface area contributed by atoms with Crippen molar-refractivity contribution in [3.8, 4) is 5.69 Å². The molecule has 0 amide bonds. The SMILES string of the molecule is C=CCNc1nccn1-c1cc(F)c(F)cc1F. The summed E-state index contributed by atoms with van der Waals surface area (Å²) in [5.41, 5.74) is -0.113. The number of benzene rings is 1. The number of aromatic nitrogens is 2. The Bertz CT molecular complexity index is 578. The molecule has 0 unspecified atom stereocenters. The zero-order valence-corrected chi connectivity index (χ0v) is 9.33. The second-order valence-electron chi connectivity index (χ2n) is 3.51. The van der Waals surface area contributed by atoms with E-state index >= 15 is 0 Å². The minimum Gasteiger partial charge on any atom is -0.352 e. The molecule has 0 radical (unpaired) electrons. The van der Waals surface area contributed by atoms with E-state index in [1.54, 1.807) is 6.08 Å². The largest absolute Gasteiger partial charge is 0.352 e. The topological polar surface area (TPSA) is 29.9 Å². The van der Waals surface area contributed by atoms with Gasteiger partial charge in [0.25, 0.3) is 0 Å². The molecule has 1 N–H and O–H groups in total. The van der Waals surface area contributed by atoms with Crippen LogP contribution in [0.1, 0.15) is 0 Å². The number of rotatable bonds is 4. The predicted octanol–water partition coefficient (Wildman–Crippen LogP) is 2.89. The van der Waals surface area contributed by atoms with Crippen molar-refractivity contribution in [3.63, 3.8) is 0 Å². The van der Waals surface area contributed by atoms with Crippen LogP contribution in [0.15, 0.2) is 37.2 Å². The highest BCUT2D eigenvalue weighted by Crippen LogP contribution is 2.20. The summed E-state index contributed by atoms with van der Waals surface area (Å²) in [5.74, 6) is -2.89. The van der Waals surface area contributed by atoms with E-state index in [0.29, 0.717) is 18.6 Å². The third kappa shape index (κ3) is 2.22. The van der Waals surface area contributed by atoms with Gasteiger partial charge in [0, 0.05) is 31.1 Å². The van der Waals surface area contributed by atoms with E-state index in [1.165, 1.54) is 17.0 Å². The Morgan fingerprint density at radius 3 is 2.67 bits per heavy atom. The van der Waals surface area contributed by atoms with Gasteiger partial charge in [-0.1, -0.05) is 6.08 Å². The van der Waals surface area contributed by atoms with Gasteiger partial charge in [-0.05, 0) is 0 Å². The molecule has 2 rings (SSSR count). The lowest BCUT2D eigenvalue weighted by molar-refractivity contribution is 0.493. The van der Waals surface area contributed by atoms with Crippen LogP contribution in [0.4, 0.5) is 19.1 Å². The second kappa shape index (κ2) is 4.95. The van der Waals surface area contributed by atoms with E-state index in [4.69, 9.17) is 0 Å². The molecule has 1 aromatic heterocycles. The highest BCUT2D eigenvalue weighted by molar-refractivity contribution is 5.43. The Kier molecular flexibility index (Phi) is 3.36. The molecular formula is C12H10F3N3. The number of halogens is 3. The molecule has 2 aromatic rings. The van der Waals surface area contributed by atoms with Crippen LogP contribution in [0.3, 0.4) is 0 Å². The normalized spacial score (nSPS) is 10.4. The highest BCUT2D eigenvalue weighted by atomic mass is 19.2. The van der Waals surface area contributed by atoms with Gasteiger partial charge in [-0.3, -0.25) is 4.57 Å². The van der Waals surface area contributed by atoms with Crippen molar-refractivity contribution in [2.24, 2.45) is 0 Å². The van der Waals surface area contributed by atoms with Gasteiger partial charge in [-0.25, -0.2) is 18.2 Å². The van der Waals surface area contributed by atoms with Gasteiger partial charge in [-0.2, -0.15) is 0 Å². The summed E-state index contributed by atoms with van der Waals surface area (Å²) in [7, 11) is 0. The first-order valence-corrected chi connectivity index (χ1v) is 5.16. The van der Waals surface area contributed by atoms with E-state index < -0.39 is 17.5 Å². The predicted molar refractivity (Wildman–Crippen MR) is 62.1 cm³/mol. The maximum absolute atomic E-state index is 13.6. The van der Waals surface area contributed by atoms with Crippen molar-refractivity contribution in [2.45, 2.75) is 0 Å². The van der Waals surface area contributed by atoms with Crippen molar-refractivity contribution in [3.05, 3.63) is 54.6 Å². The summed E-state index contributed by atoms with van der Waals surface area (Å²) in [4.78, 5) is 3.94. The Labute approximate surface area is 102 Å². The van der Waals surface area contributed by atoms with E-state index in [1.807, 2.05) is 0 Å². The summed E-state index contributed by atoms with van der Waals surface area (Å²) in [6.07, 6.45) is 4.47. The quantitative estimate of drug-likeness (QED) is 0.670.